The summed E-state index contributed by atoms with van der Waals surface area (Å²) in [7, 11) is 1.81. The number of nitrogens with one attached hydrogen (secondary N) is 1. The fraction of sp³-hybridized carbons (Fsp3) is 0.647. The van der Waals surface area contributed by atoms with E-state index in [4.69, 9.17) is 4.74 Å². The average Bonchev–Trinajstić information content (AvgIpc) is 2.72. The summed E-state index contributed by atoms with van der Waals surface area (Å²) in [5.41, 5.74) is 4.64. The van der Waals surface area contributed by atoms with Gasteiger partial charge in [0.2, 0.25) is 0 Å². The average molecular weight is 259 g/mol. The molecule has 1 fully saturated rings. The van der Waals surface area contributed by atoms with Crippen molar-refractivity contribution in [2.24, 2.45) is 0 Å². The second-order valence-corrected chi connectivity index (χ2v) is 5.88. The van der Waals surface area contributed by atoms with Gasteiger partial charge in [-0.05, 0) is 62.3 Å². The maximum absolute atomic E-state index is 5.67. The predicted molar refractivity (Wildman–Crippen MR) is 78.8 cm³/mol. The molecule has 0 bridgehead atoms. The lowest BCUT2D eigenvalue weighted by atomic mass is 9.88. The van der Waals surface area contributed by atoms with Crippen molar-refractivity contribution in [3.63, 3.8) is 0 Å². The van der Waals surface area contributed by atoms with E-state index >= 15 is 0 Å². The van der Waals surface area contributed by atoms with Gasteiger partial charge in [-0.1, -0.05) is 18.9 Å². The van der Waals surface area contributed by atoms with Crippen LogP contribution in [0.1, 0.15) is 61.3 Å². The summed E-state index contributed by atoms with van der Waals surface area (Å²) in [6.07, 6.45) is 10.4. The van der Waals surface area contributed by atoms with Gasteiger partial charge in [0.15, 0.2) is 0 Å². The molecule has 1 saturated heterocycles. The summed E-state index contributed by atoms with van der Waals surface area (Å²) >= 11 is 0. The van der Waals surface area contributed by atoms with E-state index in [1.165, 1.54) is 56.9 Å². The molecule has 3 rings (SSSR count). The highest BCUT2D eigenvalue weighted by Crippen LogP contribution is 2.37. The molecule has 0 spiro atoms. The number of piperidine rings is 1. The van der Waals surface area contributed by atoms with Crippen LogP contribution in [0.25, 0.3) is 0 Å². The first-order chi connectivity index (χ1) is 9.40. The van der Waals surface area contributed by atoms with Crippen molar-refractivity contribution in [3.05, 3.63) is 28.8 Å². The van der Waals surface area contributed by atoms with Crippen LogP contribution in [-0.4, -0.2) is 13.7 Å². The summed E-state index contributed by atoms with van der Waals surface area (Å²) < 4.78 is 5.67. The van der Waals surface area contributed by atoms with E-state index in [1.54, 1.807) is 11.1 Å². The highest BCUT2D eigenvalue weighted by atomic mass is 16.5. The van der Waals surface area contributed by atoms with E-state index in [1.807, 2.05) is 7.11 Å². The Morgan fingerprint density at radius 2 is 1.95 bits per heavy atom. The van der Waals surface area contributed by atoms with E-state index in [0.717, 1.165) is 12.3 Å². The summed E-state index contributed by atoms with van der Waals surface area (Å²) in [5, 5.41) is 3.70. The van der Waals surface area contributed by atoms with Crippen LogP contribution in [-0.2, 0) is 12.8 Å². The molecule has 0 radical (unpaired) electrons. The molecule has 0 amide bonds. The van der Waals surface area contributed by atoms with Crippen LogP contribution in [0.15, 0.2) is 12.1 Å². The SMILES string of the molecule is COc1ccc2c(c1C1CCCCN1)CCCCC2. The maximum Gasteiger partial charge on any atom is 0.123 e. The molecule has 2 aliphatic rings. The third kappa shape index (κ3) is 2.64. The van der Waals surface area contributed by atoms with Gasteiger partial charge in [-0.3, -0.25) is 0 Å². The summed E-state index contributed by atoms with van der Waals surface area (Å²) in [4.78, 5) is 0. The maximum atomic E-state index is 5.67. The minimum atomic E-state index is 0.511. The Morgan fingerprint density at radius 3 is 2.74 bits per heavy atom. The number of methoxy groups -OCH3 is 1. The Kier molecular flexibility index (Phi) is 4.07. The number of hydrogen-bond acceptors (Lipinski definition) is 2. The van der Waals surface area contributed by atoms with Crippen LogP contribution in [0.2, 0.25) is 0 Å². The summed E-state index contributed by atoms with van der Waals surface area (Å²) in [6.45, 7) is 1.15. The number of fused-ring (bicyclic) bond motifs is 1. The zero-order valence-corrected chi connectivity index (χ0v) is 12.0. The van der Waals surface area contributed by atoms with Crippen LogP contribution in [0, 0.1) is 0 Å². The fourth-order valence-electron chi connectivity index (χ4n) is 3.67. The number of aryl methyl sites for hydroxylation is 1. The molecule has 0 aromatic heterocycles. The molecule has 104 valence electrons. The van der Waals surface area contributed by atoms with E-state index in [9.17, 15) is 0 Å². The summed E-state index contributed by atoms with van der Waals surface area (Å²) in [5.74, 6) is 1.10. The van der Waals surface area contributed by atoms with Crippen LogP contribution >= 0.6 is 0 Å². The van der Waals surface area contributed by atoms with E-state index in [0.29, 0.717) is 6.04 Å². The number of rotatable bonds is 2. The number of hydrogen-bond donors (Lipinski definition) is 1. The predicted octanol–water partition coefficient (Wildman–Crippen LogP) is 3.78. The van der Waals surface area contributed by atoms with E-state index in [2.05, 4.69) is 17.4 Å². The minimum absolute atomic E-state index is 0.511. The zero-order chi connectivity index (χ0) is 13.1. The van der Waals surface area contributed by atoms with Crippen molar-refractivity contribution in [3.8, 4) is 5.75 Å². The van der Waals surface area contributed by atoms with Crippen LogP contribution < -0.4 is 10.1 Å². The smallest absolute Gasteiger partial charge is 0.123 e. The molecule has 2 heteroatoms. The Bertz CT molecular complexity index is 435. The topological polar surface area (TPSA) is 21.3 Å². The molecule has 19 heavy (non-hydrogen) atoms. The molecule has 1 atom stereocenters. The minimum Gasteiger partial charge on any atom is -0.496 e. The Hall–Kier alpha value is -1.02. The van der Waals surface area contributed by atoms with Crippen LogP contribution in [0.4, 0.5) is 0 Å². The summed E-state index contributed by atoms with van der Waals surface area (Å²) in [6, 6.07) is 5.00. The molecular formula is C17H25NO. The van der Waals surface area contributed by atoms with E-state index in [-0.39, 0.29) is 0 Å². The first kappa shape index (κ1) is 13.0. The quantitative estimate of drug-likeness (QED) is 0.816. The van der Waals surface area contributed by atoms with Crippen LogP contribution in [0.3, 0.4) is 0 Å². The molecule has 1 unspecified atom stereocenters. The molecular weight excluding hydrogens is 234 g/mol. The third-order valence-corrected chi connectivity index (χ3v) is 4.67. The molecule has 0 saturated carbocycles. The molecule has 1 N–H and O–H groups in total. The second-order valence-electron chi connectivity index (χ2n) is 5.88. The van der Waals surface area contributed by atoms with Crippen LogP contribution in [0.5, 0.6) is 5.75 Å². The van der Waals surface area contributed by atoms with Gasteiger partial charge >= 0.3 is 0 Å². The molecule has 1 aromatic rings. The van der Waals surface area contributed by atoms with Gasteiger partial charge in [0.25, 0.3) is 0 Å². The molecule has 1 heterocycles. The zero-order valence-electron chi connectivity index (χ0n) is 12.0. The van der Waals surface area contributed by atoms with Crippen molar-refractivity contribution >= 4 is 0 Å². The Labute approximate surface area is 116 Å². The Balaban J connectivity index is 2.02. The highest BCUT2D eigenvalue weighted by molar-refractivity contribution is 5.48. The molecule has 1 aromatic carbocycles. The lowest BCUT2D eigenvalue weighted by Crippen LogP contribution is -2.28. The lowest BCUT2D eigenvalue weighted by molar-refractivity contribution is 0.371. The molecule has 1 aliphatic heterocycles. The largest absolute Gasteiger partial charge is 0.496 e. The van der Waals surface area contributed by atoms with Crippen molar-refractivity contribution in [2.45, 2.75) is 57.4 Å². The van der Waals surface area contributed by atoms with Crippen molar-refractivity contribution in [1.82, 2.24) is 5.32 Å². The molecule has 2 nitrogen and oxygen atoms in total. The van der Waals surface area contributed by atoms with E-state index < -0.39 is 0 Å². The standard InChI is InChI=1S/C17H25NO/c1-19-16-11-10-13-7-3-2-4-8-14(13)17(16)15-9-5-6-12-18-15/h10-11,15,18H,2-9,12H2,1H3. The monoisotopic (exact) mass is 259 g/mol. The first-order valence-electron chi connectivity index (χ1n) is 7.82. The number of ether oxygens (including phenoxy) is 1. The number of benzene rings is 1. The Morgan fingerprint density at radius 1 is 1.05 bits per heavy atom. The lowest BCUT2D eigenvalue weighted by Gasteiger charge is -2.28. The first-order valence-corrected chi connectivity index (χ1v) is 7.82. The van der Waals surface area contributed by atoms with Gasteiger partial charge in [0.05, 0.1) is 7.11 Å². The molecule has 1 aliphatic carbocycles. The fourth-order valence-corrected chi connectivity index (χ4v) is 3.67. The van der Waals surface area contributed by atoms with Gasteiger partial charge in [-0.15, -0.1) is 0 Å². The van der Waals surface area contributed by atoms with Gasteiger partial charge < -0.3 is 10.1 Å². The van der Waals surface area contributed by atoms with Gasteiger partial charge in [0, 0.05) is 11.6 Å². The van der Waals surface area contributed by atoms with Gasteiger partial charge in [-0.2, -0.15) is 0 Å². The van der Waals surface area contributed by atoms with Crippen molar-refractivity contribution in [2.75, 3.05) is 13.7 Å². The van der Waals surface area contributed by atoms with Gasteiger partial charge in [-0.25, -0.2) is 0 Å². The third-order valence-electron chi connectivity index (χ3n) is 4.67. The van der Waals surface area contributed by atoms with Crippen molar-refractivity contribution in [1.29, 1.82) is 0 Å². The second kappa shape index (κ2) is 5.96. The van der Waals surface area contributed by atoms with Crippen molar-refractivity contribution < 1.29 is 4.74 Å². The highest BCUT2D eigenvalue weighted by Gasteiger charge is 2.24. The normalized spacial score (nSPS) is 23.5. The van der Waals surface area contributed by atoms with Gasteiger partial charge in [0.1, 0.15) is 5.75 Å².